The summed E-state index contributed by atoms with van der Waals surface area (Å²) in [7, 11) is 3.11. The highest BCUT2D eigenvalue weighted by Gasteiger charge is 2.33. The van der Waals surface area contributed by atoms with Gasteiger partial charge in [-0.2, -0.15) is 0 Å². The average molecular weight is 461 g/mol. The first-order chi connectivity index (χ1) is 15.4. The number of hydrogen-bond acceptors (Lipinski definition) is 6. The molecule has 2 heterocycles. The van der Waals surface area contributed by atoms with E-state index < -0.39 is 0 Å². The smallest absolute Gasteiger partial charge is 0.249 e. The van der Waals surface area contributed by atoms with Gasteiger partial charge in [-0.3, -0.25) is 9.59 Å². The van der Waals surface area contributed by atoms with E-state index in [2.05, 4.69) is 11.4 Å². The minimum Gasteiger partial charge on any atom is -0.497 e. The zero-order valence-corrected chi connectivity index (χ0v) is 20.0. The molecular weight excluding hydrogens is 428 g/mol. The largest absolute Gasteiger partial charge is 0.497 e. The Hall–Kier alpha value is -2.58. The van der Waals surface area contributed by atoms with Crippen molar-refractivity contribution in [1.82, 2.24) is 9.80 Å². The fraction of sp³-hybridized carbons (Fsp3) is 0.500. The third-order valence-electron chi connectivity index (χ3n) is 5.40. The van der Waals surface area contributed by atoms with E-state index in [1.165, 1.54) is 12.0 Å². The van der Waals surface area contributed by atoms with Crippen LogP contribution in [0.5, 0.6) is 11.5 Å². The van der Waals surface area contributed by atoms with Gasteiger partial charge in [-0.05, 0) is 41.5 Å². The van der Waals surface area contributed by atoms with E-state index >= 15 is 0 Å². The third-order valence-corrected chi connectivity index (χ3v) is 6.39. The number of ether oxygens (including phenoxy) is 3. The van der Waals surface area contributed by atoms with Gasteiger partial charge in [0.1, 0.15) is 24.7 Å². The minimum absolute atomic E-state index is 0.0307. The van der Waals surface area contributed by atoms with Crippen LogP contribution in [-0.4, -0.2) is 68.7 Å². The van der Waals surface area contributed by atoms with E-state index in [4.69, 9.17) is 14.2 Å². The predicted octanol–water partition coefficient (Wildman–Crippen LogP) is 3.39. The number of rotatable bonds is 10. The molecule has 2 aromatic rings. The summed E-state index contributed by atoms with van der Waals surface area (Å²) in [6, 6.07) is 9.31. The van der Waals surface area contributed by atoms with Crippen LogP contribution in [0.1, 0.15) is 30.3 Å². The highest BCUT2D eigenvalue weighted by atomic mass is 32.1. The highest BCUT2D eigenvalue weighted by Crippen LogP contribution is 2.34. The molecule has 174 valence electrons. The standard InChI is InChI=1S/C24H32N2O5S/c1-17(2)13-25(24(28)16-29-3)14-23(27)26-10-8-22-20(9-11-32-22)21(26)15-31-19-7-5-6-18(12-19)30-4/h5-7,9,11-12,17,21H,8,10,13-16H2,1-4H3. The molecule has 3 rings (SSSR count). The zero-order valence-electron chi connectivity index (χ0n) is 19.2. The molecule has 0 saturated heterocycles. The lowest BCUT2D eigenvalue weighted by Crippen LogP contribution is -2.49. The Morgan fingerprint density at radius 2 is 2.00 bits per heavy atom. The lowest BCUT2D eigenvalue weighted by molar-refractivity contribution is -0.145. The number of hydrogen-bond donors (Lipinski definition) is 0. The molecule has 0 aliphatic carbocycles. The summed E-state index contributed by atoms with van der Waals surface area (Å²) in [6.45, 7) is 5.51. The molecule has 1 aliphatic rings. The Labute approximate surface area is 193 Å². The lowest BCUT2D eigenvalue weighted by Gasteiger charge is -2.37. The SMILES string of the molecule is COCC(=O)N(CC(=O)N1CCc2sccc2C1COc1cccc(OC)c1)CC(C)C. The maximum Gasteiger partial charge on any atom is 0.249 e. The molecule has 2 amide bonds. The number of nitrogens with zero attached hydrogens (tertiary/aromatic N) is 2. The van der Waals surface area contributed by atoms with Crippen molar-refractivity contribution in [2.45, 2.75) is 26.3 Å². The molecule has 0 fully saturated rings. The van der Waals surface area contributed by atoms with Crippen LogP contribution in [0.4, 0.5) is 0 Å². The summed E-state index contributed by atoms with van der Waals surface area (Å²) in [5, 5.41) is 2.06. The van der Waals surface area contributed by atoms with Gasteiger partial charge in [0.25, 0.3) is 0 Å². The maximum atomic E-state index is 13.4. The van der Waals surface area contributed by atoms with Gasteiger partial charge in [-0.25, -0.2) is 0 Å². The van der Waals surface area contributed by atoms with E-state index in [1.807, 2.05) is 43.0 Å². The topological polar surface area (TPSA) is 68.3 Å². The second-order valence-corrected chi connectivity index (χ2v) is 9.24. The molecule has 0 radical (unpaired) electrons. The predicted molar refractivity (Wildman–Crippen MR) is 124 cm³/mol. The van der Waals surface area contributed by atoms with Gasteiger partial charge in [0.15, 0.2) is 0 Å². The Kier molecular flexibility index (Phi) is 8.53. The van der Waals surface area contributed by atoms with Crippen LogP contribution < -0.4 is 9.47 Å². The number of amides is 2. The second-order valence-electron chi connectivity index (χ2n) is 8.24. The maximum absolute atomic E-state index is 13.4. The van der Waals surface area contributed by atoms with Crippen molar-refractivity contribution in [2.75, 3.05) is 47.1 Å². The van der Waals surface area contributed by atoms with E-state index in [1.54, 1.807) is 23.3 Å². The molecule has 1 aliphatic heterocycles. The summed E-state index contributed by atoms with van der Waals surface area (Å²) in [4.78, 5) is 30.6. The molecule has 8 heteroatoms. The summed E-state index contributed by atoms with van der Waals surface area (Å²) >= 11 is 1.71. The van der Waals surface area contributed by atoms with E-state index in [9.17, 15) is 9.59 Å². The average Bonchev–Trinajstić information content (AvgIpc) is 3.26. The summed E-state index contributed by atoms with van der Waals surface area (Å²) in [6.07, 6.45) is 0.810. The van der Waals surface area contributed by atoms with E-state index in [0.29, 0.717) is 25.4 Å². The first-order valence-electron chi connectivity index (χ1n) is 10.8. The van der Waals surface area contributed by atoms with Crippen molar-refractivity contribution in [3.05, 3.63) is 46.2 Å². The summed E-state index contributed by atoms with van der Waals surface area (Å²) < 4.78 is 16.4. The normalized spacial score (nSPS) is 15.4. The Morgan fingerprint density at radius 1 is 1.22 bits per heavy atom. The minimum atomic E-state index is -0.206. The van der Waals surface area contributed by atoms with Gasteiger partial charge < -0.3 is 24.0 Å². The van der Waals surface area contributed by atoms with Crippen LogP contribution in [0.2, 0.25) is 0 Å². The van der Waals surface area contributed by atoms with Crippen LogP contribution in [0.15, 0.2) is 35.7 Å². The van der Waals surface area contributed by atoms with E-state index in [-0.39, 0.29) is 36.9 Å². The fourth-order valence-electron chi connectivity index (χ4n) is 3.90. The number of carbonyl (C=O) groups is 2. The van der Waals surface area contributed by atoms with Crippen molar-refractivity contribution in [3.63, 3.8) is 0 Å². The monoisotopic (exact) mass is 460 g/mol. The fourth-order valence-corrected chi connectivity index (χ4v) is 4.83. The molecule has 1 unspecified atom stereocenters. The first-order valence-corrected chi connectivity index (χ1v) is 11.7. The van der Waals surface area contributed by atoms with Crippen molar-refractivity contribution >= 4 is 23.2 Å². The number of fused-ring (bicyclic) bond motifs is 1. The van der Waals surface area contributed by atoms with Gasteiger partial charge in [0.05, 0.1) is 19.7 Å². The molecule has 1 aromatic carbocycles. The molecule has 0 bridgehead atoms. The van der Waals surface area contributed by atoms with Gasteiger partial charge in [-0.1, -0.05) is 19.9 Å². The highest BCUT2D eigenvalue weighted by molar-refractivity contribution is 7.10. The van der Waals surface area contributed by atoms with Gasteiger partial charge in [0, 0.05) is 31.1 Å². The molecule has 1 atom stereocenters. The van der Waals surface area contributed by atoms with Crippen molar-refractivity contribution in [3.8, 4) is 11.5 Å². The Bertz CT molecular complexity index is 913. The number of benzene rings is 1. The van der Waals surface area contributed by atoms with Crippen LogP contribution in [0, 0.1) is 5.92 Å². The molecule has 7 nitrogen and oxygen atoms in total. The number of methoxy groups -OCH3 is 2. The Balaban J connectivity index is 1.76. The molecule has 0 saturated carbocycles. The lowest BCUT2D eigenvalue weighted by atomic mass is 10.0. The molecule has 32 heavy (non-hydrogen) atoms. The molecule has 1 aromatic heterocycles. The number of thiophene rings is 1. The van der Waals surface area contributed by atoms with Crippen molar-refractivity contribution < 1.29 is 23.8 Å². The van der Waals surface area contributed by atoms with Crippen molar-refractivity contribution in [2.24, 2.45) is 5.92 Å². The second kappa shape index (κ2) is 11.3. The quantitative estimate of drug-likeness (QED) is 0.544. The summed E-state index contributed by atoms with van der Waals surface area (Å²) in [5.74, 6) is 1.41. The van der Waals surface area contributed by atoms with Crippen molar-refractivity contribution in [1.29, 1.82) is 0 Å². The molecular formula is C24H32N2O5S. The van der Waals surface area contributed by atoms with Crippen LogP contribution in [0.25, 0.3) is 0 Å². The van der Waals surface area contributed by atoms with Crippen LogP contribution in [-0.2, 0) is 20.7 Å². The molecule has 0 N–H and O–H groups in total. The van der Waals surface area contributed by atoms with Crippen LogP contribution >= 0.6 is 11.3 Å². The van der Waals surface area contributed by atoms with Gasteiger partial charge in [0.2, 0.25) is 11.8 Å². The Morgan fingerprint density at radius 3 is 2.72 bits per heavy atom. The van der Waals surface area contributed by atoms with Gasteiger partial charge >= 0.3 is 0 Å². The third kappa shape index (κ3) is 6.01. The summed E-state index contributed by atoms with van der Waals surface area (Å²) in [5.41, 5.74) is 1.12. The van der Waals surface area contributed by atoms with E-state index in [0.717, 1.165) is 17.7 Å². The number of carbonyl (C=O) groups excluding carboxylic acids is 2. The molecule has 0 spiro atoms. The zero-order chi connectivity index (χ0) is 23.1. The first kappa shape index (κ1) is 24.1. The van der Waals surface area contributed by atoms with Gasteiger partial charge in [-0.15, -0.1) is 11.3 Å². The van der Waals surface area contributed by atoms with Crippen LogP contribution in [0.3, 0.4) is 0 Å².